The van der Waals surface area contributed by atoms with Crippen LogP contribution in [0.1, 0.15) is 179 Å². The maximum Gasteiger partial charge on any atom is 0.161 e. The molecule has 6 rings (SSSR count). The van der Waals surface area contributed by atoms with E-state index in [1.165, 1.54) is 82.6 Å². The fourth-order valence-corrected chi connectivity index (χ4v) is 10.2. The number of rotatable bonds is 44. The summed E-state index contributed by atoms with van der Waals surface area (Å²) in [6.07, 6.45) is 25.1. The molecular weight excluding hydrogens is 1540 g/mol. The highest BCUT2D eigenvalue weighted by Gasteiger charge is 2.17. The Morgan fingerprint density at radius 1 is 0.227 bits per heavy atom. The zero-order valence-corrected chi connectivity index (χ0v) is 64.6. The van der Waals surface area contributed by atoms with E-state index in [-0.39, 0.29) is 68.2 Å². The van der Waals surface area contributed by atoms with Crippen molar-refractivity contribution < 1.29 is 23.9 Å². The molecule has 0 unspecified atom stereocenters. The Morgan fingerprint density at radius 3 is 0.655 bits per heavy atom. The Morgan fingerprint density at radius 2 is 0.429 bits per heavy atom. The number of fused-ring (bicyclic) bond motifs is 10. The Balaban J connectivity index is 1.51. The lowest BCUT2D eigenvalue weighted by molar-refractivity contribution is 0.303. The minimum Gasteiger partial charge on any atom is -0.494 e. The van der Waals surface area contributed by atoms with Crippen molar-refractivity contribution in [3.63, 3.8) is 0 Å². The van der Waals surface area contributed by atoms with Crippen LogP contribution in [0.2, 0.25) is 0 Å². The number of hydrogen-bond donors (Lipinski definition) is 0. The first kappa shape index (κ1) is 91.1. The summed E-state index contributed by atoms with van der Waals surface area (Å²) in [4.78, 5) is 11.4. The minimum absolute atomic E-state index is 0.0359. The van der Waals surface area contributed by atoms with E-state index in [0.29, 0.717) is 63.8 Å². The molecule has 1 aliphatic carbocycles. The molecule has 0 radical (unpaired) electrons. The van der Waals surface area contributed by atoms with Crippen molar-refractivity contribution in [2.75, 3.05) is 33.9 Å². The van der Waals surface area contributed by atoms with Crippen LogP contribution in [-0.4, -0.2) is 33.9 Å². The molecule has 5 aromatic rings. The van der Waals surface area contributed by atoms with Crippen LogP contribution in [-0.2, 0) is 0 Å². The van der Waals surface area contributed by atoms with Crippen LogP contribution in [0.4, 0.5) is 0 Å². The van der Waals surface area contributed by atoms with Crippen molar-refractivity contribution in [2.24, 2.45) is 209 Å². The van der Waals surface area contributed by atoms with Gasteiger partial charge in [0, 0.05) is 104 Å². The topological polar surface area (TPSA) is 660 Å². The SMILES string of the molecule is CCCCCCCCCCOc1cc2cc(c1)C(C#N)=Cc1cc(OCCCCCCCCCC)cc(c1)/C(C#N)=C/c1cc(OCC)cc(c1)/C(C#N)=C/c1cc(ON=NN=NN=NN=NN=NN=NN=NN=NN=NN=NC)cc(c1)/C(C#N)=C/c1cc(ON=NN=NN=NN=NN=NN=NN=NN=NN=NN=NC)cc(c1)/C(C#N)=C/2. The van der Waals surface area contributed by atoms with Crippen molar-refractivity contribution in [2.45, 2.75) is 124 Å². The molecule has 0 fully saturated rings. The summed E-state index contributed by atoms with van der Waals surface area (Å²) in [5.41, 5.74) is 4.07. The number of ether oxygens (including phenoxy) is 3. The second-order valence-corrected chi connectivity index (χ2v) is 23.3. The number of allylic oxidation sites excluding steroid dienone is 5. The Bertz CT molecular complexity index is 5180. The van der Waals surface area contributed by atoms with Gasteiger partial charge in [-0.3, -0.25) is 0 Å². The van der Waals surface area contributed by atoms with Gasteiger partial charge < -0.3 is 23.9 Å². The lowest BCUT2D eigenvalue weighted by Crippen LogP contribution is -1.99. The maximum atomic E-state index is 11.2. The van der Waals surface area contributed by atoms with Gasteiger partial charge in [0.1, 0.15) is 17.2 Å². The van der Waals surface area contributed by atoms with Crippen molar-refractivity contribution in [3.05, 3.63) is 147 Å². The van der Waals surface area contributed by atoms with Crippen LogP contribution in [0.15, 0.2) is 300 Å². The molecule has 0 aliphatic heterocycles. The molecule has 50 nitrogen and oxygen atoms in total. The Hall–Kier alpha value is -16.7. The molecule has 0 saturated carbocycles. The van der Waals surface area contributed by atoms with Gasteiger partial charge in [0.2, 0.25) is 0 Å². The number of benzene rings is 5. The number of hydrogen-bond acceptors (Lipinski definition) is 14. The molecule has 50 heteroatoms. The molecule has 604 valence electrons. The molecule has 0 aromatic heterocycles. The van der Waals surface area contributed by atoms with Crippen molar-refractivity contribution in [3.8, 4) is 59.1 Å². The highest BCUT2D eigenvalue weighted by Crippen LogP contribution is 2.36. The fourth-order valence-electron chi connectivity index (χ4n) is 10.2. The third kappa shape index (κ3) is 37.9. The summed E-state index contributed by atoms with van der Waals surface area (Å²) in [5.74, 6) is 1.10. The largest absolute Gasteiger partial charge is 0.494 e. The van der Waals surface area contributed by atoms with Gasteiger partial charge in [-0.15, -0.1) is 0 Å². The van der Waals surface area contributed by atoms with Gasteiger partial charge in [-0.25, -0.2) is 0 Å². The number of unbranched alkanes of at least 4 members (excludes halogenated alkanes) is 14. The standard InChI is InChI=1S/C69H73N45O5/c1-6-9-11-13-15-17-19-21-23-116-66-36-51-26-56(41-66)60(45-70)30-50-25-55(40-65(35-50)115-8-3)62(47-72)33-53-28-59(44-68(38-53)118-113-111-109-107-105-103-101-99-97-95-93-91-89-87-85-83-81-79-77-75-4)64(49-74)34-54-29-58(43-69(39-54)119-114-112-110-108-106-104-102-100-98-96-94-92-90-88-86-84-82-80-78-76-5)63(48-73)32-52-27-57(61(31-51)46-71)42-67(37-52)117-24-22-20-18-16-14-12-10-7-2/h25-44H,6-24H2,1-5H3/b60-30+,61-31?,62-33+,63-32+,64-34+,77-75?,78-76?,81-79?,82-80?,85-83?,86-84?,89-87?,90-88?,93-91?,94-92?,97-95?,98-96?,101-99?,102-100?,105-103?,106-104?,109-107?,110-108?,113-111?,114-112?. The highest BCUT2D eigenvalue weighted by molar-refractivity contribution is 5.98. The van der Waals surface area contributed by atoms with E-state index in [9.17, 15) is 26.3 Å². The Kier molecular flexibility index (Phi) is 44.6. The lowest BCUT2D eigenvalue weighted by atomic mass is 9.96. The highest BCUT2D eigenvalue weighted by atomic mass is 16.6. The second-order valence-electron chi connectivity index (χ2n) is 23.3. The van der Waals surface area contributed by atoms with Crippen LogP contribution in [0, 0.1) is 56.7 Å². The predicted molar refractivity (Wildman–Crippen MR) is 417 cm³/mol. The molecule has 0 N–H and O–H groups in total. The van der Waals surface area contributed by atoms with Crippen LogP contribution in [0.25, 0.3) is 58.2 Å². The average Bonchev–Trinajstić information content (AvgIpc) is 1.11. The molecule has 0 saturated heterocycles. The number of nitrogens with zero attached hydrogens (tertiary/aromatic N) is 45. The molecule has 5 aromatic carbocycles. The average molecular weight is 1610 g/mol. The van der Waals surface area contributed by atoms with Crippen molar-refractivity contribution in [1.82, 2.24) is 0 Å². The smallest absolute Gasteiger partial charge is 0.161 e. The molecule has 0 heterocycles. The quantitative estimate of drug-likeness (QED) is 0.0201. The first-order valence-corrected chi connectivity index (χ1v) is 36.0. The molecule has 1 aliphatic rings. The van der Waals surface area contributed by atoms with E-state index >= 15 is 0 Å². The molecular formula is C69H73N45O5. The van der Waals surface area contributed by atoms with Gasteiger partial charge in [-0.2, -0.15) is 36.5 Å². The zero-order chi connectivity index (χ0) is 84.5. The summed E-state index contributed by atoms with van der Waals surface area (Å²) in [6.45, 7) is 7.14. The van der Waals surface area contributed by atoms with Gasteiger partial charge in [-0.1, -0.05) is 104 Å². The van der Waals surface area contributed by atoms with Gasteiger partial charge >= 0.3 is 0 Å². The second kappa shape index (κ2) is 58.2. The van der Waals surface area contributed by atoms with Crippen LogP contribution in [0.5, 0.6) is 28.7 Å². The van der Waals surface area contributed by atoms with E-state index in [2.05, 4.69) is 253 Å². The van der Waals surface area contributed by atoms with E-state index in [1.807, 2.05) is 6.07 Å². The number of nitriles is 5. The summed E-state index contributed by atoms with van der Waals surface area (Å²) in [5, 5.41) is 185. The van der Waals surface area contributed by atoms with Crippen molar-refractivity contribution >= 4 is 58.2 Å². The molecule has 119 heavy (non-hydrogen) atoms. The van der Waals surface area contributed by atoms with Gasteiger partial charge in [0.25, 0.3) is 0 Å². The van der Waals surface area contributed by atoms with Gasteiger partial charge in [-0.05, 0) is 280 Å². The van der Waals surface area contributed by atoms with Gasteiger partial charge in [0.05, 0.1) is 103 Å². The third-order valence-electron chi connectivity index (χ3n) is 15.1. The van der Waals surface area contributed by atoms with Crippen LogP contribution < -0.4 is 23.9 Å². The van der Waals surface area contributed by atoms with Crippen molar-refractivity contribution in [1.29, 1.82) is 26.3 Å². The molecule has 10 bridgehead atoms. The molecule has 0 amide bonds. The predicted octanol–water partition coefficient (Wildman–Crippen LogP) is 25.1. The summed E-state index contributed by atoms with van der Waals surface area (Å²) in [6, 6.07) is 36.3. The summed E-state index contributed by atoms with van der Waals surface area (Å²) >= 11 is 0. The lowest BCUT2D eigenvalue weighted by Gasteiger charge is -2.12. The Labute approximate surface area is 677 Å². The maximum absolute atomic E-state index is 11.2. The van der Waals surface area contributed by atoms with E-state index < -0.39 is 0 Å². The summed E-state index contributed by atoms with van der Waals surface area (Å²) < 4.78 is 19.1. The fraction of sp³-hybridized carbons (Fsp3) is 0.348. The monoisotopic (exact) mass is 1610 g/mol. The van der Waals surface area contributed by atoms with E-state index in [4.69, 9.17) is 23.9 Å². The molecule has 0 spiro atoms. The normalized spacial score (nSPS) is 15.2. The van der Waals surface area contributed by atoms with E-state index in [0.717, 1.165) is 70.6 Å². The molecule has 0 atom stereocenters. The van der Waals surface area contributed by atoms with Crippen LogP contribution >= 0.6 is 0 Å². The van der Waals surface area contributed by atoms with Gasteiger partial charge in [0.15, 0.2) is 11.5 Å². The first-order chi connectivity index (χ1) is 58.7. The van der Waals surface area contributed by atoms with E-state index in [1.54, 1.807) is 85.8 Å². The summed E-state index contributed by atoms with van der Waals surface area (Å²) in [7, 11) is 2.74. The van der Waals surface area contributed by atoms with Crippen LogP contribution in [0.3, 0.4) is 0 Å². The first-order valence-electron chi connectivity index (χ1n) is 36.0. The zero-order valence-electron chi connectivity index (χ0n) is 64.6. The third-order valence-corrected chi connectivity index (χ3v) is 15.1. The minimum atomic E-state index is -0.0584.